The summed E-state index contributed by atoms with van der Waals surface area (Å²) in [6.07, 6.45) is -0.372. The van der Waals surface area contributed by atoms with Gasteiger partial charge >= 0.3 is 30.3 Å². The van der Waals surface area contributed by atoms with Gasteiger partial charge in [0.1, 0.15) is 43.0 Å². The van der Waals surface area contributed by atoms with Crippen molar-refractivity contribution in [2.24, 2.45) is 23.0 Å². The molecule has 1 aliphatic carbocycles. The van der Waals surface area contributed by atoms with Gasteiger partial charge in [-0.3, -0.25) is 29.4 Å². The standard InChI is InChI=1S/C68H93N9O13/c1-17-87-61(82)42(6)36-53(40(2)3)76(15)60(81)55(66(7,8)9)75-59(80)56(77(16)65(86)90-67(10,11)12)68(13,14)44-24-22-25-46(37-44)72-63(84)88-38-43-31-33-45(34-32-43)71-57(78)52(30-23-35-70-62(69)83)73-58(79)54(41(4)5)74-64(85)89-39-51-49-28-20-18-26-47(49)48-27-19-21-29-50(48)51/h18-22,24-29,31-34,36-37,40-41,51-56H,17,23,30,35,38-39H2,1-16H3,(H,71,78)(H,72,84)(H,73,79)(H,74,85)(H,75,80)(H3,69,70,83)/b42-36+/t52-,53+,54-,55+,56+/m0/s1. The van der Waals surface area contributed by atoms with Gasteiger partial charge < -0.3 is 56.2 Å². The van der Waals surface area contributed by atoms with Crippen LogP contribution in [0.4, 0.5) is 30.6 Å². The molecule has 4 aromatic rings. The Morgan fingerprint density at radius 1 is 0.656 bits per heavy atom. The molecule has 9 amide bonds. The van der Waals surface area contributed by atoms with E-state index >= 15 is 0 Å². The fourth-order valence-corrected chi connectivity index (χ4v) is 10.7. The summed E-state index contributed by atoms with van der Waals surface area (Å²) in [6.45, 7) is 24.9. The molecule has 0 fully saturated rings. The first-order chi connectivity index (χ1) is 42.1. The van der Waals surface area contributed by atoms with Gasteiger partial charge in [-0.15, -0.1) is 0 Å². The molecular formula is C68H93N9O13. The normalized spacial score (nSPS) is 14.0. The first kappa shape index (κ1) is 71.8. The highest BCUT2D eigenvalue weighted by molar-refractivity contribution is 5.98. The second-order valence-electron chi connectivity index (χ2n) is 25.9. The van der Waals surface area contributed by atoms with E-state index in [1.165, 1.54) is 16.8 Å². The molecule has 0 bridgehead atoms. The molecule has 4 aromatic carbocycles. The summed E-state index contributed by atoms with van der Waals surface area (Å²) in [5.41, 5.74) is 8.54. The van der Waals surface area contributed by atoms with Crippen molar-refractivity contribution < 1.29 is 62.1 Å². The Morgan fingerprint density at radius 3 is 1.82 bits per heavy atom. The van der Waals surface area contributed by atoms with E-state index < -0.39 is 106 Å². The van der Waals surface area contributed by atoms with Gasteiger partial charge in [0.15, 0.2) is 0 Å². The van der Waals surface area contributed by atoms with Gasteiger partial charge in [-0.2, -0.15) is 0 Å². The molecule has 0 spiro atoms. The molecule has 488 valence electrons. The zero-order valence-corrected chi connectivity index (χ0v) is 55.0. The molecule has 5 atom stereocenters. The number of nitrogens with zero attached hydrogens (tertiary/aromatic N) is 2. The van der Waals surface area contributed by atoms with Crippen LogP contribution in [0.2, 0.25) is 0 Å². The lowest BCUT2D eigenvalue weighted by Gasteiger charge is -2.42. The maximum Gasteiger partial charge on any atom is 0.411 e. The van der Waals surface area contributed by atoms with E-state index in [2.05, 4.69) is 31.9 Å². The quantitative estimate of drug-likeness (QED) is 0.0133. The number of nitrogens with one attached hydrogen (secondary N) is 6. The highest BCUT2D eigenvalue weighted by Gasteiger charge is 2.46. The van der Waals surface area contributed by atoms with E-state index in [0.717, 1.165) is 22.3 Å². The third-order valence-corrected chi connectivity index (χ3v) is 15.5. The maximum absolute atomic E-state index is 15.0. The number of hydrogen-bond donors (Lipinski definition) is 7. The topological polar surface area (TPSA) is 295 Å². The number of ether oxygens (including phenoxy) is 4. The third kappa shape index (κ3) is 19.8. The average Bonchev–Trinajstić information content (AvgIpc) is 1.48. The molecule has 0 heterocycles. The molecule has 0 aliphatic heterocycles. The fourth-order valence-electron chi connectivity index (χ4n) is 10.7. The largest absolute Gasteiger partial charge is 0.463 e. The lowest BCUT2D eigenvalue weighted by Crippen LogP contribution is -2.63. The Bertz CT molecular complexity index is 3190. The number of anilines is 2. The second kappa shape index (κ2) is 31.5. The van der Waals surface area contributed by atoms with Crippen LogP contribution in [-0.4, -0.2) is 133 Å². The molecule has 0 saturated carbocycles. The molecule has 0 aromatic heterocycles. The van der Waals surface area contributed by atoms with E-state index in [4.69, 9.17) is 24.7 Å². The van der Waals surface area contributed by atoms with Crippen LogP contribution in [-0.2, 0) is 54.9 Å². The summed E-state index contributed by atoms with van der Waals surface area (Å²) in [4.78, 5) is 125. The van der Waals surface area contributed by atoms with Crippen LogP contribution in [0.15, 0.2) is 109 Å². The van der Waals surface area contributed by atoms with Gasteiger partial charge in [-0.05, 0) is 122 Å². The minimum absolute atomic E-state index is 0.0346. The zero-order chi connectivity index (χ0) is 67.0. The first-order valence-corrected chi connectivity index (χ1v) is 30.4. The highest BCUT2D eigenvalue weighted by Crippen LogP contribution is 2.44. The zero-order valence-electron chi connectivity index (χ0n) is 55.0. The van der Waals surface area contributed by atoms with Crippen LogP contribution in [0, 0.1) is 17.3 Å². The molecule has 5 rings (SSSR count). The maximum atomic E-state index is 15.0. The summed E-state index contributed by atoms with van der Waals surface area (Å²) in [7, 11) is 3.06. The van der Waals surface area contributed by atoms with Crippen LogP contribution in [0.25, 0.3) is 11.1 Å². The highest BCUT2D eigenvalue weighted by atomic mass is 16.6. The van der Waals surface area contributed by atoms with Crippen molar-refractivity contribution in [2.75, 3.05) is 44.5 Å². The molecule has 22 heteroatoms. The molecule has 90 heavy (non-hydrogen) atoms. The summed E-state index contributed by atoms with van der Waals surface area (Å²) in [5, 5.41) is 16.5. The lowest BCUT2D eigenvalue weighted by atomic mass is 9.76. The predicted octanol–water partition coefficient (Wildman–Crippen LogP) is 9.91. The van der Waals surface area contributed by atoms with Crippen molar-refractivity contribution in [3.63, 3.8) is 0 Å². The van der Waals surface area contributed by atoms with Crippen LogP contribution in [0.5, 0.6) is 0 Å². The number of rotatable bonds is 26. The van der Waals surface area contributed by atoms with Crippen molar-refractivity contribution in [1.29, 1.82) is 0 Å². The van der Waals surface area contributed by atoms with E-state index in [0.29, 0.717) is 28.1 Å². The van der Waals surface area contributed by atoms with Crippen molar-refractivity contribution in [3.8, 4) is 11.1 Å². The molecule has 22 nitrogen and oxygen atoms in total. The summed E-state index contributed by atoms with van der Waals surface area (Å²) < 4.78 is 22.3. The number of primary amides is 1. The number of amides is 9. The van der Waals surface area contributed by atoms with Crippen molar-refractivity contribution in [2.45, 2.75) is 164 Å². The van der Waals surface area contributed by atoms with Crippen LogP contribution < -0.4 is 37.6 Å². The van der Waals surface area contributed by atoms with Crippen molar-refractivity contribution >= 4 is 65.3 Å². The SMILES string of the molecule is CCOC(=O)/C(C)=C/[C@H](C(C)C)N(C)C(=O)[C@@H](NC(=O)[C@@H](N(C)C(=O)OC(C)(C)C)C(C)(C)c1cccc(NC(=O)OCc2ccc(NC(=O)[C@H](CCCNC(N)=O)NC(=O)[C@@H](NC(=O)OCC3c4ccccc4-c4ccccc43)C(C)C)cc2)c1)C(C)(C)C. The number of urea groups is 1. The lowest BCUT2D eigenvalue weighted by molar-refractivity contribution is -0.142. The number of benzene rings is 4. The van der Waals surface area contributed by atoms with E-state index in [1.54, 1.807) is 124 Å². The van der Waals surface area contributed by atoms with E-state index in [-0.39, 0.29) is 51.0 Å². The Morgan fingerprint density at radius 2 is 1.27 bits per heavy atom. The summed E-state index contributed by atoms with van der Waals surface area (Å²) in [6, 6.07) is 23.1. The smallest absolute Gasteiger partial charge is 0.411 e. The molecule has 0 unspecified atom stereocenters. The van der Waals surface area contributed by atoms with Crippen LogP contribution in [0.1, 0.15) is 138 Å². The minimum Gasteiger partial charge on any atom is -0.463 e. The van der Waals surface area contributed by atoms with E-state index in [9.17, 15) is 43.2 Å². The van der Waals surface area contributed by atoms with Crippen LogP contribution >= 0.6 is 0 Å². The molecular weight excluding hydrogens is 1150 g/mol. The second-order valence-corrected chi connectivity index (χ2v) is 25.9. The minimum atomic E-state index is -1.30. The Hall–Kier alpha value is -8.95. The molecule has 1 aliphatic rings. The first-order valence-electron chi connectivity index (χ1n) is 30.4. The molecule has 0 radical (unpaired) electrons. The summed E-state index contributed by atoms with van der Waals surface area (Å²) in [5.74, 6) is -3.55. The molecule has 0 saturated heterocycles. The number of carbonyl (C=O) groups is 9. The number of nitrogens with two attached hydrogens (primary N) is 1. The van der Waals surface area contributed by atoms with Gasteiger partial charge in [0.05, 0.1) is 12.6 Å². The van der Waals surface area contributed by atoms with Crippen LogP contribution in [0.3, 0.4) is 0 Å². The monoisotopic (exact) mass is 1240 g/mol. The number of esters is 1. The fraction of sp³-hybridized carbons (Fsp3) is 0.485. The van der Waals surface area contributed by atoms with Crippen molar-refractivity contribution in [3.05, 3.63) is 131 Å². The third-order valence-electron chi connectivity index (χ3n) is 15.5. The number of carbonyl (C=O) groups excluding carboxylic acids is 9. The number of likely N-dealkylation sites (N-methyl/N-ethyl adjacent to an activating group) is 2. The van der Waals surface area contributed by atoms with Gasteiger partial charge in [0.25, 0.3) is 0 Å². The van der Waals surface area contributed by atoms with Crippen molar-refractivity contribution in [1.82, 2.24) is 31.1 Å². The number of fused-ring (bicyclic) bond motifs is 3. The summed E-state index contributed by atoms with van der Waals surface area (Å²) >= 11 is 0. The van der Waals surface area contributed by atoms with Gasteiger partial charge in [0, 0.05) is 48.9 Å². The Labute approximate surface area is 529 Å². The number of hydrogen-bond acceptors (Lipinski definition) is 13. The average molecular weight is 1240 g/mol. The van der Waals surface area contributed by atoms with Gasteiger partial charge in [0.2, 0.25) is 23.6 Å². The van der Waals surface area contributed by atoms with E-state index in [1.807, 2.05) is 83.1 Å². The number of alkyl carbamates (subject to hydrolysis) is 1. The Balaban J connectivity index is 1.26. The Kier molecular flexibility index (Phi) is 25.1. The van der Waals surface area contributed by atoms with Gasteiger partial charge in [-0.1, -0.05) is 141 Å². The molecule has 8 N–H and O–H groups in total. The predicted molar refractivity (Wildman–Crippen MR) is 345 cm³/mol. The van der Waals surface area contributed by atoms with Gasteiger partial charge in [-0.25, -0.2) is 24.0 Å².